The molecule has 0 amide bonds. The van der Waals surface area contributed by atoms with Crippen LogP contribution in [0.5, 0.6) is 0 Å². The minimum absolute atomic E-state index is 0.431. The van der Waals surface area contributed by atoms with Gasteiger partial charge in [-0.1, -0.05) is 0 Å². The van der Waals surface area contributed by atoms with Crippen molar-refractivity contribution in [2.24, 2.45) is 5.73 Å². The molecule has 0 aliphatic rings. The van der Waals surface area contributed by atoms with E-state index < -0.39 is 0 Å². The summed E-state index contributed by atoms with van der Waals surface area (Å²) in [6.45, 7) is 2.36. The Labute approximate surface area is 85.5 Å². The summed E-state index contributed by atoms with van der Waals surface area (Å²) in [6.07, 6.45) is 0. The first-order valence-corrected chi connectivity index (χ1v) is 4.66. The van der Waals surface area contributed by atoms with Crippen LogP contribution in [0.2, 0.25) is 0 Å². The van der Waals surface area contributed by atoms with Gasteiger partial charge in [-0.2, -0.15) is 5.26 Å². The number of hydrogen-bond donors (Lipinski definition) is 1. The van der Waals surface area contributed by atoms with Crippen molar-refractivity contribution in [1.82, 2.24) is 0 Å². The summed E-state index contributed by atoms with van der Waals surface area (Å²) in [5, 5.41) is 8.81. The average molecular weight is 272 g/mol. The highest BCUT2D eigenvalue weighted by Crippen LogP contribution is 2.17. The lowest BCUT2D eigenvalue weighted by molar-refractivity contribution is 1.05. The zero-order chi connectivity index (χ0) is 9.14. The SMILES string of the molecule is Cc1cc(I)cc(CN)c1C#N. The molecule has 0 unspecified atom stereocenters. The van der Waals surface area contributed by atoms with Gasteiger partial charge in [0.2, 0.25) is 0 Å². The third-order valence-corrected chi connectivity index (χ3v) is 2.34. The normalized spacial score (nSPS) is 9.50. The van der Waals surface area contributed by atoms with E-state index in [1.54, 1.807) is 0 Å². The van der Waals surface area contributed by atoms with E-state index in [0.29, 0.717) is 6.54 Å². The highest BCUT2D eigenvalue weighted by molar-refractivity contribution is 14.1. The molecule has 2 nitrogen and oxygen atoms in total. The largest absolute Gasteiger partial charge is 0.326 e. The van der Waals surface area contributed by atoms with Gasteiger partial charge in [0.15, 0.2) is 0 Å². The number of nitrogens with two attached hydrogens (primary N) is 1. The van der Waals surface area contributed by atoms with E-state index in [0.717, 1.165) is 20.3 Å². The smallest absolute Gasteiger partial charge is 0.0997 e. The van der Waals surface area contributed by atoms with Crippen molar-refractivity contribution in [3.8, 4) is 6.07 Å². The molecule has 0 aliphatic heterocycles. The van der Waals surface area contributed by atoms with E-state index in [4.69, 9.17) is 11.0 Å². The van der Waals surface area contributed by atoms with Crippen LogP contribution in [0.4, 0.5) is 0 Å². The van der Waals surface area contributed by atoms with Crippen molar-refractivity contribution in [2.45, 2.75) is 13.5 Å². The summed E-state index contributed by atoms with van der Waals surface area (Å²) >= 11 is 2.22. The third kappa shape index (κ3) is 1.76. The van der Waals surface area contributed by atoms with Crippen LogP contribution in [0.25, 0.3) is 0 Å². The molecule has 0 spiro atoms. The number of hydrogen-bond acceptors (Lipinski definition) is 2. The topological polar surface area (TPSA) is 49.8 Å². The van der Waals surface area contributed by atoms with Crippen LogP contribution in [-0.4, -0.2) is 0 Å². The molecule has 0 atom stereocenters. The van der Waals surface area contributed by atoms with Crippen molar-refractivity contribution in [3.63, 3.8) is 0 Å². The molecule has 1 aromatic rings. The summed E-state index contributed by atoms with van der Waals surface area (Å²) in [6, 6.07) is 6.09. The number of benzene rings is 1. The number of nitrogens with zero attached hydrogens (tertiary/aromatic N) is 1. The second-order valence-electron chi connectivity index (χ2n) is 2.57. The molecule has 12 heavy (non-hydrogen) atoms. The van der Waals surface area contributed by atoms with Crippen LogP contribution in [0.15, 0.2) is 12.1 Å². The van der Waals surface area contributed by atoms with Crippen molar-refractivity contribution in [1.29, 1.82) is 5.26 Å². The Bertz CT molecular complexity index is 339. The van der Waals surface area contributed by atoms with Crippen molar-refractivity contribution in [3.05, 3.63) is 32.4 Å². The first-order valence-electron chi connectivity index (χ1n) is 3.58. The number of rotatable bonds is 1. The van der Waals surface area contributed by atoms with Crippen molar-refractivity contribution in [2.75, 3.05) is 0 Å². The van der Waals surface area contributed by atoms with Gasteiger partial charge in [-0.15, -0.1) is 0 Å². The maximum Gasteiger partial charge on any atom is 0.0997 e. The summed E-state index contributed by atoms with van der Waals surface area (Å²) in [5.41, 5.74) is 8.17. The maximum atomic E-state index is 8.81. The van der Waals surface area contributed by atoms with Gasteiger partial charge in [0, 0.05) is 10.1 Å². The number of nitriles is 1. The molecular weight excluding hydrogens is 263 g/mol. The van der Waals surface area contributed by atoms with Crippen molar-refractivity contribution < 1.29 is 0 Å². The van der Waals surface area contributed by atoms with Crippen LogP contribution in [0.3, 0.4) is 0 Å². The molecule has 0 aromatic heterocycles. The molecular formula is C9H9IN2. The predicted molar refractivity (Wildman–Crippen MR) is 56.5 cm³/mol. The Balaban J connectivity index is 3.36. The standard InChI is InChI=1S/C9H9IN2/c1-6-2-8(10)3-7(4-11)9(6)5-12/h2-3H,4,11H2,1H3. The zero-order valence-electron chi connectivity index (χ0n) is 6.76. The molecule has 0 aliphatic carbocycles. The average Bonchev–Trinajstić information content (AvgIpc) is 2.03. The molecule has 0 fully saturated rings. The Morgan fingerprint density at radius 3 is 2.75 bits per heavy atom. The molecule has 1 aromatic carbocycles. The van der Waals surface area contributed by atoms with E-state index >= 15 is 0 Å². The van der Waals surface area contributed by atoms with Gasteiger partial charge in [-0.05, 0) is 52.8 Å². The van der Waals surface area contributed by atoms with Crippen LogP contribution in [0, 0.1) is 21.8 Å². The summed E-state index contributed by atoms with van der Waals surface area (Å²) in [7, 11) is 0. The second kappa shape index (κ2) is 3.87. The Hall–Kier alpha value is -0.600. The van der Waals surface area contributed by atoms with Crippen LogP contribution >= 0.6 is 22.6 Å². The Kier molecular flexibility index (Phi) is 3.06. The predicted octanol–water partition coefficient (Wildman–Crippen LogP) is 1.93. The van der Waals surface area contributed by atoms with Gasteiger partial charge < -0.3 is 5.73 Å². The van der Waals surface area contributed by atoms with E-state index in [-0.39, 0.29) is 0 Å². The van der Waals surface area contributed by atoms with Crippen molar-refractivity contribution >= 4 is 22.6 Å². The third-order valence-electron chi connectivity index (χ3n) is 1.71. The summed E-state index contributed by atoms with van der Waals surface area (Å²) in [5.74, 6) is 0. The van der Waals surface area contributed by atoms with Crippen LogP contribution < -0.4 is 5.73 Å². The molecule has 1 rings (SSSR count). The minimum Gasteiger partial charge on any atom is -0.326 e. The molecule has 0 heterocycles. The van der Waals surface area contributed by atoms with E-state index in [2.05, 4.69) is 28.7 Å². The lowest BCUT2D eigenvalue weighted by Crippen LogP contribution is -2.01. The van der Waals surface area contributed by atoms with E-state index in [9.17, 15) is 0 Å². The second-order valence-corrected chi connectivity index (χ2v) is 3.82. The van der Waals surface area contributed by atoms with E-state index in [1.807, 2.05) is 19.1 Å². The Morgan fingerprint density at radius 2 is 2.25 bits per heavy atom. The molecule has 2 N–H and O–H groups in total. The fourth-order valence-corrected chi connectivity index (χ4v) is 1.98. The lowest BCUT2D eigenvalue weighted by atomic mass is 10.0. The maximum absolute atomic E-state index is 8.81. The Morgan fingerprint density at radius 1 is 1.58 bits per heavy atom. The molecule has 0 saturated carbocycles. The zero-order valence-corrected chi connectivity index (χ0v) is 8.92. The molecule has 0 radical (unpaired) electrons. The molecule has 0 bridgehead atoms. The first-order chi connectivity index (χ1) is 5.69. The van der Waals surface area contributed by atoms with Crippen LogP contribution in [-0.2, 0) is 6.54 Å². The summed E-state index contributed by atoms with van der Waals surface area (Å²) in [4.78, 5) is 0. The monoisotopic (exact) mass is 272 g/mol. The highest BCUT2D eigenvalue weighted by Gasteiger charge is 2.04. The summed E-state index contributed by atoms with van der Waals surface area (Å²) < 4.78 is 1.13. The van der Waals surface area contributed by atoms with Gasteiger partial charge in [-0.3, -0.25) is 0 Å². The van der Waals surface area contributed by atoms with Gasteiger partial charge in [-0.25, -0.2) is 0 Å². The van der Waals surface area contributed by atoms with E-state index in [1.165, 1.54) is 0 Å². The first kappa shape index (κ1) is 9.49. The van der Waals surface area contributed by atoms with Gasteiger partial charge in [0.25, 0.3) is 0 Å². The highest BCUT2D eigenvalue weighted by atomic mass is 127. The van der Waals surface area contributed by atoms with Gasteiger partial charge in [0.1, 0.15) is 0 Å². The quantitative estimate of drug-likeness (QED) is 0.794. The number of halogens is 1. The van der Waals surface area contributed by atoms with Crippen LogP contribution in [0.1, 0.15) is 16.7 Å². The molecule has 0 saturated heterocycles. The molecule has 3 heteroatoms. The van der Waals surface area contributed by atoms with Gasteiger partial charge >= 0.3 is 0 Å². The fourth-order valence-electron chi connectivity index (χ4n) is 1.13. The van der Waals surface area contributed by atoms with Gasteiger partial charge in [0.05, 0.1) is 11.6 Å². The lowest BCUT2D eigenvalue weighted by Gasteiger charge is -2.04. The molecule has 62 valence electrons. The number of aryl methyl sites for hydroxylation is 1. The minimum atomic E-state index is 0.431. The fraction of sp³-hybridized carbons (Fsp3) is 0.222.